The standard InChI is InChI=1S/C16H21ClFN3/c1-20-8-5-12(6-9-20)11-21-15-10-13(18)2-3-14(15)19-16(21)4-7-17/h2-3,10,12H,4-9,11H2,1H3. The molecular formula is C16H21ClFN3. The van der Waals surface area contributed by atoms with E-state index in [2.05, 4.69) is 21.5 Å². The number of hydrogen-bond donors (Lipinski definition) is 0. The summed E-state index contributed by atoms with van der Waals surface area (Å²) in [5.41, 5.74) is 1.76. The fraction of sp³-hybridized carbons (Fsp3) is 0.562. The number of rotatable bonds is 4. The lowest BCUT2D eigenvalue weighted by Crippen LogP contribution is -2.32. The van der Waals surface area contributed by atoms with Gasteiger partial charge in [0.15, 0.2) is 0 Å². The number of halogens is 2. The monoisotopic (exact) mass is 309 g/mol. The number of alkyl halides is 1. The Labute approximate surface area is 129 Å². The van der Waals surface area contributed by atoms with Crippen molar-refractivity contribution in [2.45, 2.75) is 25.8 Å². The second kappa shape index (κ2) is 6.32. The van der Waals surface area contributed by atoms with Gasteiger partial charge in [-0.15, -0.1) is 11.6 Å². The third kappa shape index (κ3) is 3.22. The van der Waals surface area contributed by atoms with E-state index >= 15 is 0 Å². The summed E-state index contributed by atoms with van der Waals surface area (Å²) in [4.78, 5) is 6.99. The van der Waals surface area contributed by atoms with E-state index in [9.17, 15) is 4.39 Å². The van der Waals surface area contributed by atoms with Crippen LogP contribution >= 0.6 is 11.6 Å². The molecule has 1 aromatic carbocycles. The SMILES string of the molecule is CN1CCC(Cn2c(CCCl)nc3ccc(F)cc32)CC1. The molecule has 0 bridgehead atoms. The van der Waals surface area contributed by atoms with Crippen LogP contribution in [-0.2, 0) is 13.0 Å². The van der Waals surface area contributed by atoms with Gasteiger partial charge in [0.25, 0.3) is 0 Å². The van der Waals surface area contributed by atoms with Crippen LogP contribution in [0.1, 0.15) is 18.7 Å². The highest BCUT2D eigenvalue weighted by Crippen LogP contribution is 2.24. The predicted molar refractivity (Wildman–Crippen MR) is 84.3 cm³/mol. The largest absolute Gasteiger partial charge is 0.328 e. The second-order valence-electron chi connectivity index (χ2n) is 5.96. The van der Waals surface area contributed by atoms with Crippen molar-refractivity contribution in [2.24, 2.45) is 5.92 Å². The molecule has 0 spiro atoms. The molecule has 3 nitrogen and oxygen atoms in total. The zero-order valence-electron chi connectivity index (χ0n) is 12.4. The molecule has 1 aromatic heterocycles. The van der Waals surface area contributed by atoms with Crippen LogP contribution in [0.5, 0.6) is 0 Å². The van der Waals surface area contributed by atoms with E-state index in [1.165, 1.54) is 18.9 Å². The maximum Gasteiger partial charge on any atom is 0.125 e. The van der Waals surface area contributed by atoms with Crippen LogP contribution in [0.4, 0.5) is 4.39 Å². The minimum atomic E-state index is -0.204. The van der Waals surface area contributed by atoms with Crippen LogP contribution in [-0.4, -0.2) is 40.5 Å². The van der Waals surface area contributed by atoms with E-state index in [4.69, 9.17) is 11.6 Å². The molecule has 1 saturated heterocycles. The van der Waals surface area contributed by atoms with Gasteiger partial charge in [0.05, 0.1) is 11.0 Å². The minimum absolute atomic E-state index is 0.204. The van der Waals surface area contributed by atoms with E-state index in [-0.39, 0.29) is 5.82 Å². The van der Waals surface area contributed by atoms with Gasteiger partial charge in [0, 0.05) is 18.8 Å². The normalized spacial score (nSPS) is 17.7. The Morgan fingerprint density at radius 2 is 2.10 bits per heavy atom. The van der Waals surface area contributed by atoms with E-state index < -0.39 is 0 Å². The van der Waals surface area contributed by atoms with Gasteiger partial charge in [-0.2, -0.15) is 0 Å². The molecule has 0 unspecified atom stereocenters. The number of fused-ring (bicyclic) bond motifs is 1. The quantitative estimate of drug-likeness (QED) is 0.808. The summed E-state index contributed by atoms with van der Waals surface area (Å²) in [6, 6.07) is 4.82. The Hall–Kier alpha value is -1.13. The first-order valence-corrected chi connectivity index (χ1v) is 8.10. The highest BCUT2D eigenvalue weighted by Gasteiger charge is 2.20. The number of benzene rings is 1. The average Bonchev–Trinajstić information content (AvgIpc) is 2.79. The summed E-state index contributed by atoms with van der Waals surface area (Å²) in [6.07, 6.45) is 3.10. The van der Waals surface area contributed by atoms with Crippen molar-refractivity contribution >= 4 is 22.6 Å². The topological polar surface area (TPSA) is 21.1 Å². The minimum Gasteiger partial charge on any atom is -0.328 e. The predicted octanol–water partition coefficient (Wildman–Crippen LogP) is 3.30. The number of aryl methyl sites for hydroxylation is 1. The van der Waals surface area contributed by atoms with Crippen molar-refractivity contribution in [1.29, 1.82) is 0 Å². The first-order valence-electron chi connectivity index (χ1n) is 7.56. The molecule has 0 amide bonds. The highest BCUT2D eigenvalue weighted by atomic mass is 35.5. The van der Waals surface area contributed by atoms with E-state index in [0.29, 0.717) is 11.8 Å². The van der Waals surface area contributed by atoms with Crippen LogP contribution in [0.15, 0.2) is 18.2 Å². The van der Waals surface area contributed by atoms with Crippen LogP contribution in [0.25, 0.3) is 11.0 Å². The third-order valence-electron chi connectivity index (χ3n) is 4.39. The molecule has 5 heteroatoms. The molecule has 0 N–H and O–H groups in total. The molecule has 0 atom stereocenters. The Balaban J connectivity index is 1.91. The van der Waals surface area contributed by atoms with Crippen LogP contribution < -0.4 is 0 Å². The number of piperidine rings is 1. The van der Waals surface area contributed by atoms with Crippen molar-refractivity contribution in [3.8, 4) is 0 Å². The lowest BCUT2D eigenvalue weighted by molar-refractivity contribution is 0.205. The Morgan fingerprint density at radius 3 is 2.81 bits per heavy atom. The molecular weight excluding hydrogens is 289 g/mol. The maximum absolute atomic E-state index is 13.6. The van der Waals surface area contributed by atoms with Gasteiger partial charge in [-0.25, -0.2) is 9.37 Å². The molecule has 21 heavy (non-hydrogen) atoms. The maximum atomic E-state index is 13.6. The molecule has 2 heterocycles. The smallest absolute Gasteiger partial charge is 0.125 e. The zero-order chi connectivity index (χ0) is 14.8. The van der Waals surface area contributed by atoms with Crippen molar-refractivity contribution in [1.82, 2.24) is 14.5 Å². The van der Waals surface area contributed by atoms with Crippen LogP contribution in [0.3, 0.4) is 0 Å². The number of imidazole rings is 1. The van der Waals surface area contributed by atoms with Crippen molar-refractivity contribution in [3.63, 3.8) is 0 Å². The number of likely N-dealkylation sites (tertiary alicyclic amines) is 1. The van der Waals surface area contributed by atoms with Gasteiger partial charge in [-0.05, 0) is 57.1 Å². The Morgan fingerprint density at radius 1 is 1.33 bits per heavy atom. The Kier molecular flexibility index (Phi) is 4.45. The van der Waals surface area contributed by atoms with Crippen LogP contribution in [0, 0.1) is 11.7 Å². The van der Waals surface area contributed by atoms with E-state index in [1.807, 2.05) is 0 Å². The molecule has 0 saturated carbocycles. The third-order valence-corrected chi connectivity index (χ3v) is 4.58. The van der Waals surface area contributed by atoms with E-state index in [0.717, 1.165) is 42.9 Å². The lowest BCUT2D eigenvalue weighted by atomic mass is 9.97. The first kappa shape index (κ1) is 14.8. The van der Waals surface area contributed by atoms with Crippen molar-refractivity contribution < 1.29 is 4.39 Å². The molecule has 114 valence electrons. The molecule has 1 fully saturated rings. The summed E-state index contributed by atoms with van der Waals surface area (Å²) >= 11 is 5.89. The first-order chi connectivity index (χ1) is 10.2. The van der Waals surface area contributed by atoms with Gasteiger partial charge >= 0.3 is 0 Å². The molecule has 0 radical (unpaired) electrons. The van der Waals surface area contributed by atoms with Gasteiger partial charge < -0.3 is 9.47 Å². The van der Waals surface area contributed by atoms with E-state index in [1.54, 1.807) is 12.1 Å². The number of aromatic nitrogens is 2. The molecule has 1 aliphatic rings. The van der Waals surface area contributed by atoms with Gasteiger partial charge in [-0.3, -0.25) is 0 Å². The fourth-order valence-corrected chi connectivity index (χ4v) is 3.30. The fourth-order valence-electron chi connectivity index (χ4n) is 3.13. The lowest BCUT2D eigenvalue weighted by Gasteiger charge is -2.29. The summed E-state index contributed by atoms with van der Waals surface area (Å²) in [5.74, 6) is 1.95. The Bertz CT molecular complexity index is 617. The summed E-state index contributed by atoms with van der Waals surface area (Å²) in [7, 11) is 2.16. The highest BCUT2D eigenvalue weighted by molar-refractivity contribution is 6.17. The average molecular weight is 310 g/mol. The van der Waals surface area contributed by atoms with Gasteiger partial charge in [0.1, 0.15) is 11.6 Å². The summed E-state index contributed by atoms with van der Waals surface area (Å²) in [6.45, 7) is 3.19. The van der Waals surface area contributed by atoms with Gasteiger partial charge in [0.2, 0.25) is 0 Å². The summed E-state index contributed by atoms with van der Waals surface area (Å²) < 4.78 is 15.7. The second-order valence-corrected chi connectivity index (χ2v) is 6.34. The molecule has 1 aliphatic heterocycles. The zero-order valence-corrected chi connectivity index (χ0v) is 13.1. The van der Waals surface area contributed by atoms with Crippen molar-refractivity contribution in [3.05, 3.63) is 29.8 Å². The number of nitrogens with zero attached hydrogens (tertiary/aromatic N) is 3. The van der Waals surface area contributed by atoms with Crippen molar-refractivity contribution in [2.75, 3.05) is 26.0 Å². The molecule has 2 aromatic rings. The number of hydrogen-bond acceptors (Lipinski definition) is 2. The molecule has 0 aliphatic carbocycles. The summed E-state index contributed by atoms with van der Waals surface area (Å²) in [5, 5.41) is 0. The van der Waals surface area contributed by atoms with Crippen LogP contribution in [0.2, 0.25) is 0 Å². The molecule has 3 rings (SSSR count). The van der Waals surface area contributed by atoms with Gasteiger partial charge in [-0.1, -0.05) is 0 Å².